The van der Waals surface area contributed by atoms with Gasteiger partial charge in [-0.1, -0.05) is 13.0 Å². The van der Waals surface area contributed by atoms with Gasteiger partial charge in [0.1, 0.15) is 11.3 Å². The van der Waals surface area contributed by atoms with E-state index < -0.39 is 0 Å². The van der Waals surface area contributed by atoms with Gasteiger partial charge in [0.25, 0.3) is 0 Å². The van der Waals surface area contributed by atoms with Gasteiger partial charge in [-0.25, -0.2) is 4.98 Å². The Kier molecular flexibility index (Phi) is 4.81. The number of nitrogens with zero attached hydrogens (tertiary/aromatic N) is 2. The minimum Gasteiger partial charge on any atom is -0.489 e. The lowest BCUT2D eigenvalue weighted by molar-refractivity contribution is 0.245. The first-order chi connectivity index (χ1) is 9.58. The van der Waals surface area contributed by atoms with Crippen LogP contribution in [0.2, 0.25) is 0 Å². The van der Waals surface area contributed by atoms with Gasteiger partial charge < -0.3 is 15.0 Å². The van der Waals surface area contributed by atoms with E-state index in [4.69, 9.17) is 10.5 Å². The molecule has 5 heteroatoms. The van der Waals surface area contributed by atoms with Gasteiger partial charge >= 0.3 is 0 Å². The highest BCUT2D eigenvalue weighted by Gasteiger charge is 2.18. The van der Waals surface area contributed by atoms with Gasteiger partial charge in [0.15, 0.2) is 0 Å². The van der Waals surface area contributed by atoms with Gasteiger partial charge in [0.2, 0.25) is 5.95 Å². The van der Waals surface area contributed by atoms with Crippen LogP contribution >= 0.6 is 11.8 Å². The van der Waals surface area contributed by atoms with Crippen LogP contribution in [0.15, 0.2) is 18.2 Å². The van der Waals surface area contributed by atoms with E-state index in [9.17, 15) is 0 Å². The minimum absolute atomic E-state index is 0.125. The van der Waals surface area contributed by atoms with E-state index in [1.807, 2.05) is 37.7 Å². The number of para-hydroxylation sites is 1. The van der Waals surface area contributed by atoms with Crippen LogP contribution in [0.1, 0.15) is 33.2 Å². The fraction of sp³-hybridized carbons (Fsp3) is 0.533. The summed E-state index contributed by atoms with van der Waals surface area (Å²) < 4.78 is 7.97. The Morgan fingerprint density at radius 2 is 2.15 bits per heavy atom. The lowest BCUT2D eigenvalue weighted by Crippen LogP contribution is -2.13. The van der Waals surface area contributed by atoms with Crippen LogP contribution in [0.3, 0.4) is 0 Å². The molecule has 0 aliphatic carbocycles. The highest BCUT2D eigenvalue weighted by Crippen LogP contribution is 2.32. The van der Waals surface area contributed by atoms with Crippen molar-refractivity contribution in [3.05, 3.63) is 18.2 Å². The van der Waals surface area contributed by atoms with Crippen LogP contribution in [-0.4, -0.2) is 27.7 Å². The minimum atomic E-state index is 0.125. The number of nitrogens with two attached hydrogens (primary N) is 1. The number of nitrogen functional groups attached to an aromatic ring is 1. The van der Waals surface area contributed by atoms with Crippen molar-refractivity contribution < 1.29 is 4.74 Å². The number of fused-ring (bicyclic) bond motifs is 1. The monoisotopic (exact) mass is 293 g/mol. The number of thioether (sulfide) groups is 1. The SMILES string of the molecule is CCC(CSC)n1c(N)nc2c(OC(C)C)cccc21. The fourth-order valence-corrected chi connectivity index (χ4v) is 3.18. The molecule has 20 heavy (non-hydrogen) atoms. The Morgan fingerprint density at radius 3 is 2.75 bits per heavy atom. The first-order valence-corrected chi connectivity index (χ1v) is 8.39. The number of anilines is 1. The Bertz CT molecular complexity index is 580. The lowest BCUT2D eigenvalue weighted by atomic mass is 10.2. The zero-order chi connectivity index (χ0) is 14.7. The second-order valence-electron chi connectivity index (χ2n) is 5.15. The first kappa shape index (κ1) is 15.0. The summed E-state index contributed by atoms with van der Waals surface area (Å²) in [6.07, 6.45) is 3.27. The van der Waals surface area contributed by atoms with E-state index in [-0.39, 0.29) is 6.10 Å². The number of aromatic nitrogens is 2. The molecule has 0 saturated heterocycles. The number of ether oxygens (including phenoxy) is 1. The molecule has 110 valence electrons. The second kappa shape index (κ2) is 6.39. The molecule has 0 aliphatic rings. The van der Waals surface area contributed by atoms with Crippen LogP contribution in [0.4, 0.5) is 5.95 Å². The van der Waals surface area contributed by atoms with E-state index in [2.05, 4.69) is 28.8 Å². The summed E-state index contributed by atoms with van der Waals surface area (Å²) >= 11 is 1.83. The molecule has 0 fully saturated rings. The summed E-state index contributed by atoms with van der Waals surface area (Å²) in [5, 5.41) is 0. The molecular weight excluding hydrogens is 270 g/mol. The van der Waals surface area contributed by atoms with Crippen LogP contribution in [0.5, 0.6) is 5.75 Å². The van der Waals surface area contributed by atoms with Crippen molar-refractivity contribution >= 4 is 28.7 Å². The second-order valence-corrected chi connectivity index (χ2v) is 6.06. The first-order valence-electron chi connectivity index (χ1n) is 7.00. The third-order valence-electron chi connectivity index (χ3n) is 3.27. The Morgan fingerprint density at radius 1 is 1.40 bits per heavy atom. The van der Waals surface area contributed by atoms with Crippen LogP contribution in [0, 0.1) is 0 Å². The molecule has 2 aromatic rings. The van der Waals surface area contributed by atoms with Crippen molar-refractivity contribution in [2.75, 3.05) is 17.7 Å². The molecule has 0 bridgehead atoms. The predicted octanol–water partition coefficient (Wildman–Crippen LogP) is 3.72. The quantitative estimate of drug-likeness (QED) is 0.882. The number of hydrogen-bond donors (Lipinski definition) is 1. The molecule has 0 spiro atoms. The normalized spacial score (nSPS) is 13.1. The smallest absolute Gasteiger partial charge is 0.201 e. The van der Waals surface area contributed by atoms with Crippen LogP contribution in [0.25, 0.3) is 11.0 Å². The number of hydrogen-bond acceptors (Lipinski definition) is 4. The van der Waals surface area contributed by atoms with E-state index in [0.717, 1.165) is 29.0 Å². The molecule has 0 saturated carbocycles. The van der Waals surface area contributed by atoms with E-state index >= 15 is 0 Å². The van der Waals surface area contributed by atoms with Gasteiger partial charge in [-0.05, 0) is 38.7 Å². The molecule has 1 atom stereocenters. The summed E-state index contributed by atoms with van der Waals surface area (Å²) in [4.78, 5) is 4.52. The topological polar surface area (TPSA) is 53.1 Å². The molecule has 2 N–H and O–H groups in total. The van der Waals surface area contributed by atoms with Crippen molar-refractivity contribution in [2.45, 2.75) is 39.3 Å². The average molecular weight is 293 g/mol. The van der Waals surface area contributed by atoms with Gasteiger partial charge in [-0.3, -0.25) is 0 Å². The molecular formula is C15H23N3OS. The van der Waals surface area contributed by atoms with Crippen molar-refractivity contribution in [1.29, 1.82) is 0 Å². The molecule has 4 nitrogen and oxygen atoms in total. The standard InChI is InChI=1S/C15H23N3OS/c1-5-11(9-20-4)18-12-7-6-8-13(19-10(2)3)14(12)17-15(18)16/h6-8,10-11H,5,9H2,1-4H3,(H2,16,17). The zero-order valence-electron chi connectivity index (χ0n) is 12.6. The van der Waals surface area contributed by atoms with E-state index in [0.29, 0.717) is 12.0 Å². The summed E-state index contributed by atoms with van der Waals surface area (Å²) in [6.45, 7) is 6.21. The van der Waals surface area contributed by atoms with Crippen molar-refractivity contribution in [1.82, 2.24) is 9.55 Å². The molecule has 0 aliphatic heterocycles. The fourth-order valence-electron chi connectivity index (χ4n) is 2.41. The maximum Gasteiger partial charge on any atom is 0.201 e. The number of rotatable bonds is 6. The van der Waals surface area contributed by atoms with Crippen molar-refractivity contribution in [3.8, 4) is 5.75 Å². The molecule has 1 aromatic carbocycles. The van der Waals surface area contributed by atoms with E-state index in [1.54, 1.807) is 0 Å². The number of benzene rings is 1. The molecule has 1 unspecified atom stereocenters. The highest BCUT2D eigenvalue weighted by molar-refractivity contribution is 7.98. The molecule has 0 radical (unpaired) electrons. The molecule has 1 heterocycles. The molecule has 0 amide bonds. The zero-order valence-corrected chi connectivity index (χ0v) is 13.4. The van der Waals surface area contributed by atoms with Crippen molar-refractivity contribution in [3.63, 3.8) is 0 Å². The third kappa shape index (κ3) is 2.87. The van der Waals surface area contributed by atoms with Crippen molar-refractivity contribution in [2.24, 2.45) is 0 Å². The van der Waals surface area contributed by atoms with Crippen LogP contribution in [-0.2, 0) is 0 Å². The average Bonchev–Trinajstić information content (AvgIpc) is 2.73. The number of imidazole rings is 1. The molecule has 2 rings (SSSR count). The molecule has 1 aromatic heterocycles. The van der Waals surface area contributed by atoms with Gasteiger partial charge in [-0.15, -0.1) is 0 Å². The van der Waals surface area contributed by atoms with E-state index in [1.165, 1.54) is 0 Å². The summed E-state index contributed by atoms with van der Waals surface area (Å²) in [6, 6.07) is 6.39. The maximum absolute atomic E-state index is 6.15. The lowest BCUT2D eigenvalue weighted by Gasteiger charge is -2.18. The van der Waals surface area contributed by atoms with Gasteiger partial charge in [0, 0.05) is 11.8 Å². The Hall–Kier alpha value is -1.36. The Labute approximate surface area is 124 Å². The van der Waals surface area contributed by atoms with Gasteiger partial charge in [-0.2, -0.15) is 11.8 Å². The summed E-state index contributed by atoms with van der Waals surface area (Å²) in [5.74, 6) is 2.41. The largest absolute Gasteiger partial charge is 0.489 e. The third-order valence-corrected chi connectivity index (χ3v) is 3.99. The Balaban J connectivity index is 2.53. The summed E-state index contributed by atoms with van der Waals surface area (Å²) in [5.41, 5.74) is 8.06. The van der Waals surface area contributed by atoms with Crippen LogP contribution < -0.4 is 10.5 Å². The maximum atomic E-state index is 6.15. The summed E-state index contributed by atoms with van der Waals surface area (Å²) in [7, 11) is 0. The highest BCUT2D eigenvalue weighted by atomic mass is 32.2. The predicted molar refractivity (Wildman–Crippen MR) is 87.6 cm³/mol. The van der Waals surface area contributed by atoms with Gasteiger partial charge in [0.05, 0.1) is 11.6 Å².